The van der Waals surface area contributed by atoms with Gasteiger partial charge in [0.1, 0.15) is 17.6 Å². The van der Waals surface area contributed by atoms with E-state index in [4.69, 9.17) is 9.15 Å². The van der Waals surface area contributed by atoms with E-state index in [9.17, 15) is 9.90 Å². The normalized spacial score (nSPS) is 11.7. The van der Waals surface area contributed by atoms with E-state index in [0.29, 0.717) is 23.8 Å². The molecule has 0 aliphatic rings. The van der Waals surface area contributed by atoms with Crippen LogP contribution in [0.1, 0.15) is 18.8 Å². The van der Waals surface area contributed by atoms with Gasteiger partial charge in [0.25, 0.3) is 0 Å². The summed E-state index contributed by atoms with van der Waals surface area (Å²) in [6.07, 6.45) is 0.596. The lowest BCUT2D eigenvalue weighted by Gasteiger charge is -2.11. The Morgan fingerprint density at radius 1 is 1.38 bits per heavy atom. The van der Waals surface area contributed by atoms with Crippen molar-refractivity contribution in [1.29, 1.82) is 0 Å². The summed E-state index contributed by atoms with van der Waals surface area (Å²) >= 11 is 0. The van der Waals surface area contributed by atoms with Crippen LogP contribution in [0.4, 0.5) is 10.5 Å². The van der Waals surface area contributed by atoms with Gasteiger partial charge in [-0.1, -0.05) is 6.07 Å². The fraction of sp³-hybridized carbons (Fsp3) is 0.267. The zero-order valence-corrected chi connectivity index (χ0v) is 11.7. The van der Waals surface area contributed by atoms with Gasteiger partial charge in [0.15, 0.2) is 0 Å². The number of hydrogen-bond donors (Lipinski definition) is 3. The van der Waals surface area contributed by atoms with E-state index < -0.39 is 12.1 Å². The van der Waals surface area contributed by atoms with Gasteiger partial charge in [0.2, 0.25) is 0 Å². The van der Waals surface area contributed by atoms with E-state index in [1.165, 1.54) is 6.26 Å². The fourth-order valence-corrected chi connectivity index (χ4v) is 1.78. The number of aliphatic hydroxyl groups is 1. The summed E-state index contributed by atoms with van der Waals surface area (Å²) < 4.78 is 10.4. The Labute approximate surface area is 122 Å². The van der Waals surface area contributed by atoms with Crippen LogP contribution < -0.4 is 15.4 Å². The standard InChI is InChI=1S/C15H18N2O4/c1-2-20-12-6-3-5-11(9-12)17-15(19)16-10-13(18)14-7-4-8-21-14/h3-9,13,18H,2,10H2,1H3,(H2,16,17,19). The Morgan fingerprint density at radius 2 is 2.24 bits per heavy atom. The minimum absolute atomic E-state index is 0.0600. The van der Waals surface area contributed by atoms with Crippen molar-refractivity contribution in [3.63, 3.8) is 0 Å². The smallest absolute Gasteiger partial charge is 0.319 e. The Morgan fingerprint density at radius 3 is 2.95 bits per heavy atom. The van der Waals surface area contributed by atoms with Gasteiger partial charge >= 0.3 is 6.03 Å². The SMILES string of the molecule is CCOc1cccc(NC(=O)NCC(O)c2ccco2)c1. The lowest BCUT2D eigenvalue weighted by Crippen LogP contribution is -2.32. The minimum atomic E-state index is -0.875. The van der Waals surface area contributed by atoms with Gasteiger partial charge in [-0.05, 0) is 31.2 Å². The maximum atomic E-state index is 11.8. The first-order valence-electron chi connectivity index (χ1n) is 6.68. The number of amides is 2. The number of furan rings is 1. The molecule has 112 valence electrons. The van der Waals surface area contributed by atoms with Crippen LogP contribution in [0.15, 0.2) is 47.1 Å². The number of aliphatic hydroxyl groups excluding tert-OH is 1. The van der Waals surface area contributed by atoms with Crippen molar-refractivity contribution >= 4 is 11.7 Å². The number of carbonyl (C=O) groups excluding carboxylic acids is 1. The van der Waals surface area contributed by atoms with Gasteiger partial charge < -0.3 is 24.9 Å². The van der Waals surface area contributed by atoms with Crippen LogP contribution in [0.5, 0.6) is 5.75 Å². The molecular weight excluding hydrogens is 272 g/mol. The van der Waals surface area contributed by atoms with E-state index in [0.717, 1.165) is 0 Å². The fourth-order valence-electron chi connectivity index (χ4n) is 1.78. The summed E-state index contributed by atoms with van der Waals surface area (Å²) in [4.78, 5) is 11.8. The van der Waals surface area contributed by atoms with E-state index in [1.807, 2.05) is 13.0 Å². The summed E-state index contributed by atoms with van der Waals surface area (Å²) in [5.41, 5.74) is 0.617. The topological polar surface area (TPSA) is 83.7 Å². The Kier molecular flexibility index (Phi) is 5.22. The van der Waals surface area contributed by atoms with Gasteiger partial charge in [0.05, 0.1) is 19.4 Å². The highest BCUT2D eigenvalue weighted by Crippen LogP contribution is 2.17. The van der Waals surface area contributed by atoms with Crippen LogP contribution in [0.2, 0.25) is 0 Å². The lowest BCUT2D eigenvalue weighted by atomic mass is 10.3. The van der Waals surface area contributed by atoms with Gasteiger partial charge in [-0.3, -0.25) is 0 Å². The molecule has 0 spiro atoms. The number of nitrogens with one attached hydrogen (secondary N) is 2. The van der Waals surface area contributed by atoms with Gasteiger partial charge in [-0.2, -0.15) is 0 Å². The van der Waals surface area contributed by atoms with Crippen LogP contribution in [0.3, 0.4) is 0 Å². The molecule has 1 unspecified atom stereocenters. The van der Waals surface area contributed by atoms with E-state index >= 15 is 0 Å². The Bertz CT molecular complexity index is 569. The van der Waals surface area contributed by atoms with Crippen LogP contribution in [0.25, 0.3) is 0 Å². The van der Waals surface area contributed by atoms with Crippen molar-refractivity contribution in [2.45, 2.75) is 13.0 Å². The maximum Gasteiger partial charge on any atom is 0.319 e. The summed E-state index contributed by atoms with van der Waals surface area (Å²) in [6, 6.07) is 10.0. The molecule has 1 aromatic carbocycles. The molecule has 3 N–H and O–H groups in total. The van der Waals surface area contributed by atoms with Gasteiger partial charge in [-0.25, -0.2) is 4.79 Å². The number of ether oxygens (including phenoxy) is 1. The van der Waals surface area contributed by atoms with Crippen LogP contribution in [-0.2, 0) is 0 Å². The van der Waals surface area contributed by atoms with E-state index in [-0.39, 0.29) is 6.54 Å². The molecule has 6 nitrogen and oxygen atoms in total. The monoisotopic (exact) mass is 290 g/mol. The summed E-state index contributed by atoms with van der Waals surface area (Å²) in [5.74, 6) is 1.10. The van der Waals surface area contributed by atoms with E-state index in [1.54, 1.807) is 30.3 Å². The first kappa shape index (κ1) is 14.9. The van der Waals surface area contributed by atoms with Crippen molar-refractivity contribution < 1.29 is 19.1 Å². The molecule has 1 heterocycles. The molecule has 0 aliphatic heterocycles. The minimum Gasteiger partial charge on any atom is -0.494 e. The molecule has 2 aromatic rings. The Hall–Kier alpha value is -2.47. The average molecular weight is 290 g/mol. The van der Waals surface area contributed by atoms with Crippen LogP contribution in [0, 0.1) is 0 Å². The zero-order valence-electron chi connectivity index (χ0n) is 11.7. The average Bonchev–Trinajstić information content (AvgIpc) is 3.00. The molecule has 0 aliphatic carbocycles. The summed E-state index contributed by atoms with van der Waals surface area (Å²) in [6.45, 7) is 2.51. The number of urea groups is 1. The number of anilines is 1. The second-order valence-electron chi connectivity index (χ2n) is 4.33. The molecule has 21 heavy (non-hydrogen) atoms. The second-order valence-corrected chi connectivity index (χ2v) is 4.33. The predicted molar refractivity (Wildman–Crippen MR) is 78.3 cm³/mol. The third-order valence-corrected chi connectivity index (χ3v) is 2.73. The molecule has 2 amide bonds. The van der Waals surface area contributed by atoms with Crippen molar-refractivity contribution in [2.24, 2.45) is 0 Å². The molecular formula is C15H18N2O4. The maximum absolute atomic E-state index is 11.8. The van der Waals surface area contributed by atoms with Crippen molar-refractivity contribution in [3.05, 3.63) is 48.4 Å². The summed E-state index contributed by atoms with van der Waals surface area (Å²) in [7, 11) is 0. The molecule has 0 radical (unpaired) electrons. The molecule has 6 heteroatoms. The number of rotatable bonds is 6. The van der Waals surface area contributed by atoms with Crippen molar-refractivity contribution in [3.8, 4) is 5.75 Å². The highest BCUT2D eigenvalue weighted by Gasteiger charge is 2.11. The first-order chi connectivity index (χ1) is 10.2. The third kappa shape index (κ3) is 4.54. The first-order valence-corrected chi connectivity index (χ1v) is 6.68. The highest BCUT2D eigenvalue weighted by atomic mass is 16.5. The molecule has 1 aromatic heterocycles. The third-order valence-electron chi connectivity index (χ3n) is 2.73. The van der Waals surface area contributed by atoms with Crippen molar-refractivity contribution in [2.75, 3.05) is 18.5 Å². The van der Waals surface area contributed by atoms with Crippen LogP contribution >= 0.6 is 0 Å². The number of hydrogen-bond acceptors (Lipinski definition) is 4. The molecule has 0 bridgehead atoms. The summed E-state index contributed by atoms with van der Waals surface area (Å²) in [5, 5.41) is 15.0. The highest BCUT2D eigenvalue weighted by molar-refractivity contribution is 5.89. The Balaban J connectivity index is 1.83. The molecule has 0 saturated carbocycles. The molecule has 2 rings (SSSR count). The molecule has 1 atom stereocenters. The lowest BCUT2D eigenvalue weighted by molar-refractivity contribution is 0.149. The van der Waals surface area contributed by atoms with Gasteiger partial charge in [-0.15, -0.1) is 0 Å². The number of carbonyl (C=O) groups is 1. The molecule has 0 fully saturated rings. The van der Waals surface area contributed by atoms with Gasteiger partial charge in [0, 0.05) is 11.8 Å². The second kappa shape index (κ2) is 7.35. The van der Waals surface area contributed by atoms with Crippen molar-refractivity contribution in [1.82, 2.24) is 5.32 Å². The largest absolute Gasteiger partial charge is 0.494 e. The van der Waals surface area contributed by atoms with Crippen LogP contribution in [-0.4, -0.2) is 24.3 Å². The zero-order chi connectivity index (χ0) is 15.1. The predicted octanol–water partition coefficient (Wildman–Crippen LogP) is 2.53. The molecule has 0 saturated heterocycles. The number of benzene rings is 1. The van der Waals surface area contributed by atoms with E-state index in [2.05, 4.69) is 10.6 Å². The quantitative estimate of drug-likeness (QED) is 0.763.